The van der Waals surface area contributed by atoms with E-state index in [1.807, 2.05) is 6.07 Å². The number of aryl methyl sites for hydroxylation is 1. The Morgan fingerprint density at radius 2 is 2.27 bits per heavy atom. The lowest BCUT2D eigenvalue weighted by atomic mass is 9.93. The van der Waals surface area contributed by atoms with Crippen LogP contribution in [0.1, 0.15) is 43.0 Å². The molecule has 0 saturated carbocycles. The van der Waals surface area contributed by atoms with E-state index >= 15 is 0 Å². The largest absolute Gasteiger partial charge is 0.441 e. The smallest absolute Gasteiger partial charge is 0.407 e. The van der Waals surface area contributed by atoms with Crippen LogP contribution >= 0.6 is 11.6 Å². The van der Waals surface area contributed by atoms with Crippen molar-refractivity contribution in [2.24, 2.45) is 0 Å². The van der Waals surface area contributed by atoms with E-state index in [0.29, 0.717) is 18.1 Å². The van der Waals surface area contributed by atoms with Crippen molar-refractivity contribution in [1.82, 2.24) is 15.6 Å². The molecule has 0 spiro atoms. The number of aromatic nitrogens is 1. The molecule has 1 aliphatic carbocycles. The van der Waals surface area contributed by atoms with Crippen LogP contribution in [0.15, 0.2) is 12.1 Å². The number of carbonyl (C=O) groups excluding carboxylic acids is 2. The third kappa shape index (κ3) is 3.50. The lowest BCUT2D eigenvalue weighted by molar-refractivity contribution is -0.119. The fourth-order valence-corrected chi connectivity index (χ4v) is 3.08. The van der Waals surface area contributed by atoms with Gasteiger partial charge >= 0.3 is 6.09 Å². The van der Waals surface area contributed by atoms with Gasteiger partial charge in [-0.05, 0) is 31.7 Å². The van der Waals surface area contributed by atoms with E-state index < -0.39 is 6.09 Å². The van der Waals surface area contributed by atoms with Crippen LogP contribution in [0.3, 0.4) is 0 Å². The number of nitrogens with zero attached hydrogens (tertiary/aromatic N) is 1. The van der Waals surface area contributed by atoms with Crippen LogP contribution in [0.5, 0.6) is 0 Å². The fraction of sp³-hybridized carbons (Fsp3) is 0.533. The zero-order valence-electron chi connectivity index (χ0n) is 12.1. The van der Waals surface area contributed by atoms with Crippen LogP contribution in [0.2, 0.25) is 5.15 Å². The maximum atomic E-state index is 11.9. The standard InChI is InChI=1S/C15H18ClN3O3/c16-13-6-5-10-11(19-13)2-1-3-12(10)22-15(21)17-8-9-4-7-14(20)18-9/h5-6,9,12H,1-4,7-8H2,(H,17,21)(H,18,20)/t9-,12?/m0/s1. The molecule has 1 unspecified atom stereocenters. The van der Waals surface area contributed by atoms with E-state index in [1.165, 1.54) is 0 Å². The molecule has 7 heteroatoms. The fourth-order valence-electron chi connectivity index (χ4n) is 2.92. The molecule has 1 aromatic rings. The van der Waals surface area contributed by atoms with Gasteiger partial charge in [-0.1, -0.05) is 17.7 Å². The van der Waals surface area contributed by atoms with E-state index in [-0.39, 0.29) is 18.1 Å². The van der Waals surface area contributed by atoms with Gasteiger partial charge in [-0.25, -0.2) is 9.78 Å². The van der Waals surface area contributed by atoms with Crippen LogP contribution in [0.25, 0.3) is 0 Å². The molecule has 2 aliphatic rings. The van der Waals surface area contributed by atoms with Crippen molar-refractivity contribution in [3.63, 3.8) is 0 Å². The molecule has 118 valence electrons. The van der Waals surface area contributed by atoms with E-state index in [9.17, 15) is 9.59 Å². The van der Waals surface area contributed by atoms with Crippen LogP contribution in [-0.2, 0) is 16.0 Å². The number of ether oxygens (including phenoxy) is 1. The molecule has 1 aromatic heterocycles. The van der Waals surface area contributed by atoms with Crippen molar-refractivity contribution < 1.29 is 14.3 Å². The van der Waals surface area contributed by atoms with Gasteiger partial charge in [0.1, 0.15) is 11.3 Å². The molecule has 0 aromatic carbocycles. The van der Waals surface area contributed by atoms with Crippen molar-refractivity contribution in [2.75, 3.05) is 6.54 Å². The molecule has 2 heterocycles. The number of pyridine rings is 1. The first-order valence-corrected chi connectivity index (χ1v) is 7.89. The van der Waals surface area contributed by atoms with Gasteiger partial charge in [0.15, 0.2) is 0 Å². The number of nitrogens with one attached hydrogen (secondary N) is 2. The Morgan fingerprint density at radius 3 is 3.05 bits per heavy atom. The Kier molecular flexibility index (Phi) is 4.47. The van der Waals surface area contributed by atoms with Crippen LogP contribution in [-0.4, -0.2) is 29.6 Å². The Labute approximate surface area is 133 Å². The highest BCUT2D eigenvalue weighted by Crippen LogP contribution is 2.32. The summed E-state index contributed by atoms with van der Waals surface area (Å²) in [6, 6.07) is 3.59. The van der Waals surface area contributed by atoms with Crippen molar-refractivity contribution >= 4 is 23.6 Å². The average Bonchev–Trinajstić information content (AvgIpc) is 2.91. The number of fused-ring (bicyclic) bond motifs is 1. The molecule has 3 rings (SSSR count). The predicted molar refractivity (Wildman–Crippen MR) is 80.6 cm³/mol. The minimum Gasteiger partial charge on any atom is -0.441 e. The van der Waals surface area contributed by atoms with Crippen molar-refractivity contribution in [2.45, 2.75) is 44.2 Å². The molecule has 6 nitrogen and oxygen atoms in total. The lowest BCUT2D eigenvalue weighted by Gasteiger charge is -2.25. The summed E-state index contributed by atoms with van der Waals surface area (Å²) in [6.45, 7) is 0.392. The SMILES string of the molecule is O=C1CC[C@@H](CNC(=O)OC2CCCc3nc(Cl)ccc32)N1. The first-order valence-electron chi connectivity index (χ1n) is 7.51. The predicted octanol–water partition coefficient (Wildman–Crippen LogP) is 2.12. The summed E-state index contributed by atoms with van der Waals surface area (Å²) >= 11 is 5.90. The highest BCUT2D eigenvalue weighted by atomic mass is 35.5. The summed E-state index contributed by atoms with van der Waals surface area (Å²) in [5, 5.41) is 5.97. The second-order valence-electron chi connectivity index (χ2n) is 5.64. The Balaban J connectivity index is 1.55. The summed E-state index contributed by atoms with van der Waals surface area (Å²) < 4.78 is 5.50. The third-order valence-electron chi connectivity index (χ3n) is 4.03. The van der Waals surface area contributed by atoms with E-state index in [2.05, 4.69) is 15.6 Å². The number of carbonyl (C=O) groups is 2. The number of hydrogen-bond donors (Lipinski definition) is 2. The molecule has 22 heavy (non-hydrogen) atoms. The number of amides is 2. The van der Waals surface area contributed by atoms with Gasteiger partial charge < -0.3 is 15.4 Å². The van der Waals surface area contributed by atoms with Crippen molar-refractivity contribution in [3.05, 3.63) is 28.5 Å². The molecule has 2 N–H and O–H groups in total. The van der Waals surface area contributed by atoms with Crippen LogP contribution < -0.4 is 10.6 Å². The zero-order chi connectivity index (χ0) is 15.5. The molecule has 2 atom stereocenters. The van der Waals surface area contributed by atoms with E-state index in [1.54, 1.807) is 6.07 Å². The first kappa shape index (κ1) is 15.1. The second kappa shape index (κ2) is 6.52. The highest BCUT2D eigenvalue weighted by Gasteiger charge is 2.26. The van der Waals surface area contributed by atoms with Crippen LogP contribution in [0, 0.1) is 0 Å². The summed E-state index contributed by atoms with van der Waals surface area (Å²) in [5.74, 6) is 0.0318. The molecule has 1 fully saturated rings. The normalized spacial score (nSPS) is 23.6. The Hall–Kier alpha value is -1.82. The minimum atomic E-state index is -0.464. The molecule has 1 aliphatic heterocycles. The monoisotopic (exact) mass is 323 g/mol. The molecular formula is C15H18ClN3O3. The molecule has 1 saturated heterocycles. The van der Waals surface area contributed by atoms with Gasteiger partial charge in [0.25, 0.3) is 0 Å². The number of halogens is 1. The van der Waals surface area contributed by atoms with Gasteiger partial charge in [-0.15, -0.1) is 0 Å². The van der Waals surface area contributed by atoms with E-state index in [4.69, 9.17) is 16.3 Å². The Morgan fingerprint density at radius 1 is 1.41 bits per heavy atom. The summed E-state index contributed by atoms with van der Waals surface area (Å²) in [6.07, 6.45) is 3.06. The Bertz CT molecular complexity index is 593. The zero-order valence-corrected chi connectivity index (χ0v) is 12.9. The van der Waals surface area contributed by atoms with Gasteiger partial charge in [-0.3, -0.25) is 4.79 Å². The maximum Gasteiger partial charge on any atom is 0.407 e. The lowest BCUT2D eigenvalue weighted by Crippen LogP contribution is -2.39. The molecule has 0 bridgehead atoms. The molecular weight excluding hydrogens is 306 g/mol. The average molecular weight is 324 g/mol. The number of hydrogen-bond acceptors (Lipinski definition) is 4. The summed E-state index contributed by atoms with van der Waals surface area (Å²) in [7, 11) is 0. The van der Waals surface area contributed by atoms with Gasteiger partial charge in [0.2, 0.25) is 5.91 Å². The first-order chi connectivity index (χ1) is 10.6. The number of alkyl carbamates (subject to hydrolysis) is 1. The van der Waals surface area contributed by atoms with Crippen molar-refractivity contribution in [3.8, 4) is 0 Å². The van der Waals surface area contributed by atoms with Gasteiger partial charge in [0, 0.05) is 30.3 Å². The summed E-state index contributed by atoms with van der Waals surface area (Å²) in [5.41, 5.74) is 1.83. The van der Waals surface area contributed by atoms with Gasteiger partial charge in [0.05, 0.1) is 0 Å². The molecule has 2 amide bonds. The summed E-state index contributed by atoms with van der Waals surface area (Å²) in [4.78, 5) is 27.3. The van der Waals surface area contributed by atoms with E-state index in [0.717, 1.165) is 36.9 Å². The third-order valence-corrected chi connectivity index (χ3v) is 4.24. The second-order valence-corrected chi connectivity index (χ2v) is 6.03. The van der Waals surface area contributed by atoms with Gasteiger partial charge in [-0.2, -0.15) is 0 Å². The topological polar surface area (TPSA) is 80.3 Å². The maximum absolute atomic E-state index is 11.9. The number of rotatable bonds is 3. The molecule has 0 radical (unpaired) electrons. The van der Waals surface area contributed by atoms with Crippen molar-refractivity contribution in [1.29, 1.82) is 0 Å². The minimum absolute atomic E-state index is 0.000773. The highest BCUT2D eigenvalue weighted by molar-refractivity contribution is 6.29. The van der Waals surface area contributed by atoms with Crippen LogP contribution in [0.4, 0.5) is 4.79 Å². The quantitative estimate of drug-likeness (QED) is 0.835.